The number of halogens is 2. The highest BCUT2D eigenvalue weighted by atomic mass is 35.5. The van der Waals surface area contributed by atoms with Crippen molar-refractivity contribution in [2.45, 2.75) is 29.6 Å². The summed E-state index contributed by atoms with van der Waals surface area (Å²) in [6.07, 6.45) is 1.28. The molecule has 1 aromatic heterocycles. The Morgan fingerprint density at radius 2 is 2.27 bits per heavy atom. The van der Waals surface area contributed by atoms with Gasteiger partial charge in [-0.2, -0.15) is 0 Å². The van der Waals surface area contributed by atoms with E-state index in [-0.39, 0.29) is 6.10 Å². The van der Waals surface area contributed by atoms with E-state index in [1.807, 2.05) is 0 Å². The van der Waals surface area contributed by atoms with Crippen molar-refractivity contribution < 1.29 is 4.74 Å². The maximum absolute atomic E-state index is 5.93. The molecule has 3 nitrogen and oxygen atoms in total. The van der Waals surface area contributed by atoms with Crippen molar-refractivity contribution >= 4 is 35.0 Å². The summed E-state index contributed by atoms with van der Waals surface area (Å²) in [5, 5.41) is 8.63. The summed E-state index contributed by atoms with van der Waals surface area (Å²) >= 11 is 13.3. The van der Waals surface area contributed by atoms with E-state index < -0.39 is 0 Å². The second-order valence-corrected chi connectivity index (χ2v) is 5.37. The lowest BCUT2D eigenvalue weighted by Crippen LogP contribution is -2.13. The monoisotopic (exact) mass is 264 g/mol. The van der Waals surface area contributed by atoms with Crippen molar-refractivity contribution in [3.63, 3.8) is 0 Å². The van der Waals surface area contributed by atoms with E-state index in [0.717, 1.165) is 17.9 Å². The average molecular weight is 265 g/mol. The Bertz CT molecular complexity index is 364. The summed E-state index contributed by atoms with van der Waals surface area (Å²) in [6.45, 7) is 2.87. The van der Waals surface area contributed by atoms with E-state index in [9.17, 15) is 0 Å². The van der Waals surface area contributed by atoms with Gasteiger partial charge >= 0.3 is 0 Å². The topological polar surface area (TPSA) is 35.0 Å². The highest BCUT2D eigenvalue weighted by Crippen LogP contribution is 2.35. The van der Waals surface area contributed by atoms with E-state index in [1.165, 1.54) is 0 Å². The Morgan fingerprint density at radius 1 is 1.47 bits per heavy atom. The molecule has 2 unspecified atom stereocenters. The van der Waals surface area contributed by atoms with Gasteiger partial charge in [0.15, 0.2) is 10.3 Å². The zero-order valence-electron chi connectivity index (χ0n) is 8.11. The molecule has 1 aliphatic rings. The predicted molar refractivity (Wildman–Crippen MR) is 61.7 cm³/mol. The maximum atomic E-state index is 5.93. The lowest BCUT2D eigenvalue weighted by Gasteiger charge is -2.13. The minimum absolute atomic E-state index is 0.248. The van der Waals surface area contributed by atoms with Gasteiger partial charge in [-0.1, -0.05) is 23.2 Å². The molecule has 0 aliphatic carbocycles. The average Bonchev–Trinajstić information content (AvgIpc) is 2.58. The first-order valence-electron chi connectivity index (χ1n) is 4.64. The number of thioether (sulfide) groups is 1. The summed E-state index contributed by atoms with van der Waals surface area (Å²) < 4.78 is 5.47. The molecule has 1 aliphatic heterocycles. The predicted octanol–water partition coefficient (Wildman–Crippen LogP) is 3.05. The summed E-state index contributed by atoms with van der Waals surface area (Å²) in [4.78, 5) is 0.874. The first-order valence-corrected chi connectivity index (χ1v) is 6.27. The fraction of sp³-hybridized carbons (Fsp3) is 0.556. The van der Waals surface area contributed by atoms with Crippen LogP contribution in [-0.2, 0) is 4.74 Å². The van der Waals surface area contributed by atoms with Crippen LogP contribution in [0.1, 0.15) is 13.3 Å². The van der Waals surface area contributed by atoms with Crippen LogP contribution in [0.15, 0.2) is 11.0 Å². The molecule has 0 spiro atoms. The molecule has 0 N–H and O–H groups in total. The normalized spacial score (nSPS) is 25.8. The molecule has 82 valence electrons. The third kappa shape index (κ3) is 2.75. The Balaban J connectivity index is 2.12. The number of hydrogen-bond acceptors (Lipinski definition) is 4. The van der Waals surface area contributed by atoms with E-state index >= 15 is 0 Å². The molecule has 2 rings (SSSR count). The number of hydrogen-bond donors (Lipinski definition) is 0. The van der Waals surface area contributed by atoms with Crippen molar-refractivity contribution in [1.29, 1.82) is 0 Å². The van der Waals surface area contributed by atoms with Crippen LogP contribution in [-0.4, -0.2) is 28.2 Å². The molecular weight excluding hydrogens is 255 g/mol. The summed E-state index contributed by atoms with van der Waals surface area (Å²) in [6, 6.07) is 1.74. The van der Waals surface area contributed by atoms with Gasteiger partial charge < -0.3 is 4.74 Å². The van der Waals surface area contributed by atoms with Gasteiger partial charge in [-0.25, -0.2) is 0 Å². The number of aromatic nitrogens is 2. The van der Waals surface area contributed by atoms with Gasteiger partial charge in [0.2, 0.25) is 0 Å². The highest BCUT2D eigenvalue weighted by Gasteiger charge is 2.26. The van der Waals surface area contributed by atoms with Crippen LogP contribution >= 0.6 is 35.0 Å². The molecule has 0 amide bonds. The summed E-state index contributed by atoms with van der Waals surface area (Å²) in [7, 11) is 0. The van der Waals surface area contributed by atoms with Crippen molar-refractivity contribution in [3.8, 4) is 0 Å². The van der Waals surface area contributed by atoms with Crippen LogP contribution in [0.25, 0.3) is 0 Å². The zero-order chi connectivity index (χ0) is 10.8. The highest BCUT2D eigenvalue weighted by molar-refractivity contribution is 8.00. The molecule has 0 saturated carbocycles. The number of nitrogens with zero attached hydrogens (tertiary/aromatic N) is 2. The quantitative estimate of drug-likeness (QED) is 0.823. The zero-order valence-corrected chi connectivity index (χ0v) is 10.4. The Morgan fingerprint density at radius 3 is 2.93 bits per heavy atom. The van der Waals surface area contributed by atoms with Crippen molar-refractivity contribution in [2.75, 3.05) is 6.61 Å². The summed E-state index contributed by atoms with van der Waals surface area (Å²) in [5.41, 5.74) is 0. The SMILES string of the molecule is CC1OCCC1Sc1cc(Cl)nnc1Cl. The molecule has 1 aromatic rings. The van der Waals surface area contributed by atoms with Crippen LogP contribution in [0.5, 0.6) is 0 Å². The van der Waals surface area contributed by atoms with E-state index in [2.05, 4.69) is 17.1 Å². The molecule has 6 heteroatoms. The standard InChI is InChI=1S/C9H10Cl2N2OS/c1-5-6(2-3-14-5)15-7-4-8(10)12-13-9(7)11/h4-6H,2-3H2,1H3. The van der Waals surface area contributed by atoms with Crippen LogP contribution in [0, 0.1) is 0 Å². The van der Waals surface area contributed by atoms with Gasteiger partial charge in [0.1, 0.15) is 0 Å². The van der Waals surface area contributed by atoms with Gasteiger partial charge in [-0.3, -0.25) is 0 Å². The minimum Gasteiger partial charge on any atom is -0.377 e. The fourth-order valence-corrected chi connectivity index (χ4v) is 3.02. The first-order chi connectivity index (χ1) is 7.16. The van der Waals surface area contributed by atoms with Gasteiger partial charge in [0.25, 0.3) is 0 Å². The molecule has 1 fully saturated rings. The third-order valence-electron chi connectivity index (χ3n) is 2.27. The van der Waals surface area contributed by atoms with Crippen LogP contribution in [0.2, 0.25) is 10.3 Å². The molecule has 2 heterocycles. The molecule has 0 aromatic carbocycles. The smallest absolute Gasteiger partial charge is 0.165 e. The van der Waals surface area contributed by atoms with Gasteiger partial charge in [-0.05, 0) is 19.4 Å². The number of rotatable bonds is 2. The largest absolute Gasteiger partial charge is 0.377 e. The van der Waals surface area contributed by atoms with Crippen LogP contribution in [0.4, 0.5) is 0 Å². The maximum Gasteiger partial charge on any atom is 0.165 e. The molecule has 0 radical (unpaired) electrons. The minimum atomic E-state index is 0.248. The first kappa shape index (κ1) is 11.5. The van der Waals surface area contributed by atoms with Gasteiger partial charge in [0, 0.05) is 11.9 Å². The second-order valence-electron chi connectivity index (χ2n) is 3.34. The molecular formula is C9H10Cl2N2OS. The Kier molecular flexibility index (Phi) is 3.72. The Labute approximate surface area is 103 Å². The van der Waals surface area contributed by atoms with E-state index in [0.29, 0.717) is 15.6 Å². The third-order valence-corrected chi connectivity index (χ3v) is 4.33. The Hall–Kier alpha value is -0.0300. The fourth-order valence-electron chi connectivity index (χ4n) is 1.45. The molecule has 2 atom stereocenters. The van der Waals surface area contributed by atoms with E-state index in [1.54, 1.807) is 17.8 Å². The van der Waals surface area contributed by atoms with Crippen molar-refractivity contribution in [2.24, 2.45) is 0 Å². The van der Waals surface area contributed by atoms with E-state index in [4.69, 9.17) is 27.9 Å². The second kappa shape index (κ2) is 4.87. The van der Waals surface area contributed by atoms with Gasteiger partial charge in [0.05, 0.1) is 11.0 Å². The van der Waals surface area contributed by atoms with Crippen molar-refractivity contribution in [3.05, 3.63) is 16.4 Å². The molecule has 15 heavy (non-hydrogen) atoms. The molecule has 1 saturated heterocycles. The number of ether oxygens (including phenoxy) is 1. The lowest BCUT2D eigenvalue weighted by molar-refractivity contribution is 0.127. The molecule has 0 bridgehead atoms. The van der Waals surface area contributed by atoms with Crippen LogP contribution < -0.4 is 0 Å². The summed E-state index contributed by atoms with van der Waals surface area (Å²) in [5.74, 6) is 0. The van der Waals surface area contributed by atoms with Gasteiger partial charge in [-0.15, -0.1) is 22.0 Å². The van der Waals surface area contributed by atoms with Crippen LogP contribution in [0.3, 0.4) is 0 Å². The van der Waals surface area contributed by atoms with Crippen molar-refractivity contribution in [1.82, 2.24) is 10.2 Å². The lowest BCUT2D eigenvalue weighted by atomic mass is 10.3.